The maximum Gasteiger partial charge on any atom is 0.252 e. The second kappa shape index (κ2) is 6.29. The van der Waals surface area contributed by atoms with E-state index in [9.17, 15) is 4.79 Å². The summed E-state index contributed by atoms with van der Waals surface area (Å²) in [5.74, 6) is -0.328. The van der Waals surface area contributed by atoms with Crippen LogP contribution in [0.4, 0.5) is 0 Å². The minimum Gasteiger partial charge on any atom is -0.409 e. The fraction of sp³-hybridized carbons (Fsp3) is 0.778. The van der Waals surface area contributed by atoms with Crippen LogP contribution >= 0.6 is 0 Å². The van der Waals surface area contributed by atoms with E-state index in [1.54, 1.807) is 0 Å². The van der Waals surface area contributed by atoms with Crippen LogP contribution in [0.25, 0.3) is 0 Å². The van der Waals surface area contributed by atoms with Crippen LogP contribution in [0.5, 0.6) is 0 Å². The van der Waals surface area contributed by atoms with Crippen molar-refractivity contribution in [3.8, 4) is 0 Å². The predicted octanol–water partition coefficient (Wildman–Crippen LogP) is -0.957. The van der Waals surface area contributed by atoms with Gasteiger partial charge in [-0.2, -0.15) is 0 Å². The highest BCUT2D eigenvalue weighted by atomic mass is 16.6. The number of amides is 1. The summed E-state index contributed by atoms with van der Waals surface area (Å²) in [6.45, 7) is 2.96. The Morgan fingerprint density at radius 3 is 2.94 bits per heavy atom. The maximum atomic E-state index is 11.7. The van der Waals surface area contributed by atoms with Gasteiger partial charge in [0, 0.05) is 0 Å². The van der Waals surface area contributed by atoms with E-state index >= 15 is 0 Å². The molecule has 1 rings (SSSR count). The summed E-state index contributed by atoms with van der Waals surface area (Å²) < 4.78 is 10.3. The molecule has 0 aromatic carbocycles. The molecule has 1 heterocycles. The van der Waals surface area contributed by atoms with Crippen LogP contribution in [0.3, 0.4) is 0 Å². The van der Waals surface area contributed by atoms with Crippen molar-refractivity contribution in [3.63, 3.8) is 0 Å². The molecule has 7 nitrogen and oxygen atoms in total. The predicted molar refractivity (Wildman–Crippen MR) is 56.2 cm³/mol. The topological polar surface area (TPSA) is 106 Å². The highest BCUT2D eigenvalue weighted by Gasteiger charge is 2.25. The average Bonchev–Trinajstić information content (AvgIpc) is 2.35. The molecule has 0 radical (unpaired) electrons. The van der Waals surface area contributed by atoms with Crippen LogP contribution in [-0.4, -0.2) is 48.9 Å². The Labute approximate surface area is 93.6 Å². The molecule has 1 fully saturated rings. The zero-order valence-electron chi connectivity index (χ0n) is 9.18. The van der Waals surface area contributed by atoms with E-state index in [1.165, 1.54) is 0 Å². The first-order valence-corrected chi connectivity index (χ1v) is 5.16. The van der Waals surface area contributed by atoms with E-state index in [4.69, 9.17) is 20.4 Å². The summed E-state index contributed by atoms with van der Waals surface area (Å²) in [5, 5.41) is 14.0. The van der Waals surface area contributed by atoms with E-state index in [1.807, 2.05) is 6.92 Å². The van der Waals surface area contributed by atoms with E-state index in [0.29, 0.717) is 19.6 Å². The first-order chi connectivity index (χ1) is 7.69. The number of carbonyl (C=O) groups is 1. The number of hydrogen-bond acceptors (Lipinski definition) is 5. The highest BCUT2D eigenvalue weighted by Crippen LogP contribution is 2.02. The normalized spacial score (nSPS) is 23.8. The third-order valence-electron chi connectivity index (χ3n) is 2.31. The van der Waals surface area contributed by atoms with Crippen molar-refractivity contribution in [2.75, 3.05) is 19.8 Å². The van der Waals surface area contributed by atoms with Gasteiger partial charge in [0.15, 0.2) is 11.9 Å². The SMILES string of the molecule is CCC(NC(=O)C1COCCO1)C(N)=NO. The third-order valence-corrected chi connectivity index (χ3v) is 2.31. The molecule has 1 aliphatic rings. The largest absolute Gasteiger partial charge is 0.409 e. The molecular formula is C9H17N3O4. The number of hydrogen-bond donors (Lipinski definition) is 3. The summed E-state index contributed by atoms with van der Waals surface area (Å²) in [4.78, 5) is 11.7. The molecule has 0 spiro atoms. The molecule has 0 bridgehead atoms. The maximum absolute atomic E-state index is 11.7. The van der Waals surface area contributed by atoms with Gasteiger partial charge < -0.3 is 25.7 Å². The van der Waals surface area contributed by atoms with Crippen molar-refractivity contribution >= 4 is 11.7 Å². The van der Waals surface area contributed by atoms with E-state index < -0.39 is 12.1 Å². The second-order valence-electron chi connectivity index (χ2n) is 3.43. The summed E-state index contributed by atoms with van der Waals surface area (Å²) in [6.07, 6.45) is -0.0795. The Hall–Kier alpha value is -1.34. The van der Waals surface area contributed by atoms with Gasteiger partial charge in [0.05, 0.1) is 25.9 Å². The van der Waals surface area contributed by atoms with Gasteiger partial charge in [0.2, 0.25) is 0 Å². The Bertz CT molecular complexity index is 263. The zero-order valence-corrected chi connectivity index (χ0v) is 9.18. The smallest absolute Gasteiger partial charge is 0.252 e. The molecule has 16 heavy (non-hydrogen) atoms. The summed E-state index contributed by atoms with van der Waals surface area (Å²) in [6, 6.07) is -0.483. The lowest BCUT2D eigenvalue weighted by atomic mass is 10.2. The van der Waals surface area contributed by atoms with E-state index in [2.05, 4.69) is 10.5 Å². The van der Waals surface area contributed by atoms with Gasteiger partial charge in [-0.15, -0.1) is 0 Å². The van der Waals surface area contributed by atoms with Crippen molar-refractivity contribution in [2.24, 2.45) is 10.9 Å². The molecule has 4 N–H and O–H groups in total. The molecule has 0 aromatic rings. The molecule has 1 aliphatic heterocycles. The fourth-order valence-electron chi connectivity index (χ4n) is 1.36. The molecule has 0 aliphatic carbocycles. The lowest BCUT2D eigenvalue weighted by Crippen LogP contribution is -2.50. The van der Waals surface area contributed by atoms with Gasteiger partial charge in [-0.1, -0.05) is 12.1 Å². The van der Waals surface area contributed by atoms with Crippen LogP contribution in [0.15, 0.2) is 5.16 Å². The Morgan fingerprint density at radius 1 is 1.69 bits per heavy atom. The quantitative estimate of drug-likeness (QED) is 0.250. The summed E-state index contributed by atoms with van der Waals surface area (Å²) in [7, 11) is 0. The summed E-state index contributed by atoms with van der Waals surface area (Å²) in [5.41, 5.74) is 5.42. The van der Waals surface area contributed by atoms with Gasteiger partial charge in [-0.25, -0.2) is 0 Å². The molecule has 0 saturated carbocycles. The van der Waals surface area contributed by atoms with Crippen molar-refractivity contribution in [1.29, 1.82) is 0 Å². The molecule has 7 heteroatoms. The highest BCUT2D eigenvalue weighted by molar-refractivity contribution is 5.91. The van der Waals surface area contributed by atoms with Gasteiger partial charge in [0.1, 0.15) is 0 Å². The van der Waals surface area contributed by atoms with Crippen molar-refractivity contribution < 1.29 is 19.5 Å². The molecule has 1 amide bonds. The first-order valence-electron chi connectivity index (χ1n) is 5.16. The van der Waals surface area contributed by atoms with Crippen LogP contribution in [0, 0.1) is 0 Å². The molecule has 0 aromatic heterocycles. The second-order valence-corrected chi connectivity index (χ2v) is 3.43. The molecule has 92 valence electrons. The monoisotopic (exact) mass is 231 g/mol. The van der Waals surface area contributed by atoms with Gasteiger partial charge >= 0.3 is 0 Å². The lowest BCUT2D eigenvalue weighted by molar-refractivity contribution is -0.147. The lowest BCUT2D eigenvalue weighted by Gasteiger charge is -2.24. The number of nitrogens with zero attached hydrogens (tertiary/aromatic N) is 1. The van der Waals surface area contributed by atoms with E-state index in [0.717, 1.165) is 0 Å². The summed E-state index contributed by atoms with van der Waals surface area (Å²) >= 11 is 0. The molecule has 2 atom stereocenters. The van der Waals surface area contributed by atoms with Crippen LogP contribution < -0.4 is 11.1 Å². The van der Waals surface area contributed by atoms with Crippen molar-refractivity contribution in [1.82, 2.24) is 5.32 Å². The minimum atomic E-state index is -0.616. The standard InChI is InChI=1S/C9H17N3O4/c1-2-6(8(10)12-14)11-9(13)7-5-15-3-4-16-7/h6-7,14H,2-5H2,1H3,(H2,10,12)(H,11,13). The van der Waals surface area contributed by atoms with Crippen molar-refractivity contribution in [3.05, 3.63) is 0 Å². The number of rotatable bonds is 4. The average molecular weight is 231 g/mol. The van der Waals surface area contributed by atoms with Crippen LogP contribution in [0.1, 0.15) is 13.3 Å². The Morgan fingerprint density at radius 2 is 2.44 bits per heavy atom. The first kappa shape index (κ1) is 12.7. The van der Waals surface area contributed by atoms with Gasteiger partial charge in [-0.05, 0) is 6.42 Å². The van der Waals surface area contributed by atoms with E-state index in [-0.39, 0.29) is 18.3 Å². The molecule has 1 saturated heterocycles. The number of oxime groups is 1. The molecule has 2 unspecified atom stereocenters. The van der Waals surface area contributed by atoms with Gasteiger partial charge in [-0.3, -0.25) is 4.79 Å². The zero-order chi connectivity index (χ0) is 12.0. The van der Waals surface area contributed by atoms with Crippen LogP contribution in [-0.2, 0) is 14.3 Å². The van der Waals surface area contributed by atoms with Crippen LogP contribution in [0.2, 0.25) is 0 Å². The third kappa shape index (κ3) is 3.35. The number of nitrogens with one attached hydrogen (secondary N) is 1. The fourth-order valence-corrected chi connectivity index (χ4v) is 1.36. The number of ether oxygens (including phenoxy) is 2. The Kier molecular flexibility index (Phi) is 5.00. The number of amidine groups is 1. The van der Waals surface area contributed by atoms with Gasteiger partial charge in [0.25, 0.3) is 5.91 Å². The molecular weight excluding hydrogens is 214 g/mol. The Balaban J connectivity index is 2.47. The van der Waals surface area contributed by atoms with Crippen molar-refractivity contribution in [2.45, 2.75) is 25.5 Å². The number of nitrogens with two attached hydrogens (primary N) is 1. The minimum absolute atomic E-state index is 0.0208. The number of carbonyl (C=O) groups excluding carboxylic acids is 1.